The highest BCUT2D eigenvalue weighted by atomic mass is 19.1. The van der Waals surface area contributed by atoms with E-state index in [-0.39, 0.29) is 5.91 Å². The number of hydrogen-bond acceptors (Lipinski definition) is 1. The molecule has 1 atom stereocenters. The molecule has 2 aromatic carbocycles. The first-order valence-electron chi connectivity index (χ1n) is 7.27. The lowest BCUT2D eigenvalue weighted by molar-refractivity contribution is -0.118. The quantitative estimate of drug-likeness (QED) is 0.878. The molecule has 2 nitrogen and oxygen atoms in total. The Morgan fingerprint density at radius 3 is 2.41 bits per heavy atom. The Balaban J connectivity index is 2.08. The van der Waals surface area contributed by atoms with Crippen molar-refractivity contribution in [3.63, 3.8) is 0 Å². The minimum atomic E-state index is -0.579. The predicted octanol–water partition coefficient (Wildman–Crippen LogP) is 4.26. The zero-order valence-corrected chi connectivity index (χ0v) is 12.7. The van der Waals surface area contributed by atoms with E-state index in [1.54, 1.807) is 0 Å². The van der Waals surface area contributed by atoms with Crippen molar-refractivity contribution in [1.82, 2.24) is 5.32 Å². The van der Waals surface area contributed by atoms with Crippen LogP contribution in [-0.4, -0.2) is 12.5 Å². The fourth-order valence-electron chi connectivity index (χ4n) is 2.35. The van der Waals surface area contributed by atoms with E-state index in [4.69, 9.17) is 0 Å². The Bertz CT molecular complexity index is 653. The topological polar surface area (TPSA) is 29.1 Å². The molecule has 0 aliphatic carbocycles. The molecule has 0 aliphatic heterocycles. The van der Waals surface area contributed by atoms with Crippen molar-refractivity contribution in [2.45, 2.75) is 26.2 Å². The summed E-state index contributed by atoms with van der Waals surface area (Å²) in [6, 6.07) is 11.1. The van der Waals surface area contributed by atoms with E-state index in [1.165, 1.54) is 19.1 Å². The minimum Gasteiger partial charge on any atom is -0.356 e. The molecule has 22 heavy (non-hydrogen) atoms. The number of carbonyl (C=O) groups excluding carboxylic acids is 1. The molecular weight excluding hydrogens is 284 g/mol. The molecule has 2 aromatic rings. The van der Waals surface area contributed by atoms with E-state index in [0.717, 1.165) is 23.6 Å². The maximum atomic E-state index is 13.8. The molecule has 1 amide bonds. The minimum absolute atomic E-state index is 0.0330. The molecule has 0 radical (unpaired) electrons. The number of halogens is 2. The SMILES string of the molecule is CC(=O)NCCC(C)c1ccc(-c2ccc(F)cc2F)cc1. The molecule has 2 rings (SSSR count). The van der Waals surface area contributed by atoms with E-state index in [2.05, 4.69) is 12.2 Å². The van der Waals surface area contributed by atoms with Crippen LogP contribution in [0.25, 0.3) is 11.1 Å². The van der Waals surface area contributed by atoms with Crippen molar-refractivity contribution in [2.75, 3.05) is 6.54 Å². The largest absolute Gasteiger partial charge is 0.356 e. The van der Waals surface area contributed by atoms with E-state index in [1.807, 2.05) is 24.3 Å². The van der Waals surface area contributed by atoms with Gasteiger partial charge in [0.25, 0.3) is 0 Å². The number of nitrogens with one attached hydrogen (secondary N) is 1. The first-order chi connectivity index (χ1) is 10.5. The second kappa shape index (κ2) is 7.16. The van der Waals surface area contributed by atoms with Gasteiger partial charge in [-0.2, -0.15) is 0 Å². The predicted molar refractivity (Wildman–Crippen MR) is 83.5 cm³/mol. The molecule has 0 fully saturated rings. The third-order valence-corrected chi connectivity index (χ3v) is 3.67. The van der Waals surface area contributed by atoms with Gasteiger partial charge in [0.2, 0.25) is 5.91 Å². The molecule has 0 saturated heterocycles. The van der Waals surface area contributed by atoms with Gasteiger partial charge >= 0.3 is 0 Å². The zero-order chi connectivity index (χ0) is 16.1. The van der Waals surface area contributed by atoms with Crippen LogP contribution in [0.15, 0.2) is 42.5 Å². The zero-order valence-electron chi connectivity index (χ0n) is 12.7. The normalized spacial score (nSPS) is 12.0. The molecule has 116 valence electrons. The average Bonchev–Trinajstić information content (AvgIpc) is 2.47. The van der Waals surface area contributed by atoms with Crippen LogP contribution in [0.1, 0.15) is 31.7 Å². The van der Waals surface area contributed by atoms with Gasteiger partial charge in [-0.25, -0.2) is 8.78 Å². The second-order valence-electron chi connectivity index (χ2n) is 5.42. The van der Waals surface area contributed by atoms with Crippen molar-refractivity contribution in [3.05, 3.63) is 59.7 Å². The van der Waals surface area contributed by atoms with Crippen LogP contribution in [0.4, 0.5) is 8.78 Å². The Labute approximate surface area is 129 Å². The number of hydrogen-bond donors (Lipinski definition) is 1. The Morgan fingerprint density at radius 2 is 1.82 bits per heavy atom. The summed E-state index contributed by atoms with van der Waals surface area (Å²) in [6.45, 7) is 4.21. The lowest BCUT2D eigenvalue weighted by Gasteiger charge is -2.13. The van der Waals surface area contributed by atoms with Gasteiger partial charge in [0.15, 0.2) is 0 Å². The molecule has 0 heterocycles. The molecule has 0 spiro atoms. The van der Waals surface area contributed by atoms with Gasteiger partial charge in [-0.05, 0) is 35.6 Å². The fourth-order valence-corrected chi connectivity index (χ4v) is 2.35. The van der Waals surface area contributed by atoms with E-state index < -0.39 is 11.6 Å². The highest BCUT2D eigenvalue weighted by molar-refractivity contribution is 5.72. The summed E-state index contributed by atoms with van der Waals surface area (Å²) in [6.07, 6.45) is 0.837. The van der Waals surface area contributed by atoms with E-state index >= 15 is 0 Å². The van der Waals surface area contributed by atoms with Crippen LogP contribution >= 0.6 is 0 Å². The Morgan fingerprint density at radius 1 is 1.14 bits per heavy atom. The van der Waals surface area contributed by atoms with Crippen molar-refractivity contribution in [2.24, 2.45) is 0 Å². The summed E-state index contributed by atoms with van der Waals surface area (Å²) in [5.74, 6) is -0.885. The Kier molecular flexibility index (Phi) is 5.26. The first kappa shape index (κ1) is 16.1. The highest BCUT2D eigenvalue weighted by Crippen LogP contribution is 2.26. The lowest BCUT2D eigenvalue weighted by Crippen LogP contribution is -2.22. The fraction of sp³-hybridized carbons (Fsp3) is 0.278. The van der Waals surface area contributed by atoms with Crippen molar-refractivity contribution in [3.8, 4) is 11.1 Å². The molecular formula is C18H19F2NO. The average molecular weight is 303 g/mol. The van der Waals surface area contributed by atoms with Crippen molar-refractivity contribution < 1.29 is 13.6 Å². The summed E-state index contributed by atoms with van der Waals surface area (Å²) < 4.78 is 26.7. The Hall–Kier alpha value is -2.23. The summed E-state index contributed by atoms with van der Waals surface area (Å²) in [4.78, 5) is 10.8. The second-order valence-corrected chi connectivity index (χ2v) is 5.42. The maximum Gasteiger partial charge on any atom is 0.216 e. The molecule has 0 bridgehead atoms. The first-order valence-corrected chi connectivity index (χ1v) is 7.27. The van der Waals surface area contributed by atoms with Gasteiger partial charge in [0.1, 0.15) is 11.6 Å². The van der Waals surface area contributed by atoms with Gasteiger partial charge in [0, 0.05) is 25.1 Å². The molecule has 0 saturated carbocycles. The number of carbonyl (C=O) groups is 1. The molecule has 0 aromatic heterocycles. The molecule has 1 N–H and O–H groups in total. The summed E-state index contributed by atoms with van der Waals surface area (Å²) in [5.41, 5.74) is 2.23. The van der Waals surface area contributed by atoms with Crippen LogP contribution in [-0.2, 0) is 4.79 Å². The monoisotopic (exact) mass is 303 g/mol. The van der Waals surface area contributed by atoms with Crippen LogP contribution in [0.2, 0.25) is 0 Å². The summed E-state index contributed by atoms with van der Waals surface area (Å²) in [7, 11) is 0. The standard InChI is InChI=1S/C18H19F2NO/c1-12(9-10-21-13(2)22)14-3-5-15(6-4-14)17-8-7-16(19)11-18(17)20/h3-8,11-12H,9-10H2,1-2H3,(H,21,22). The van der Waals surface area contributed by atoms with Crippen LogP contribution in [0.3, 0.4) is 0 Å². The highest BCUT2D eigenvalue weighted by Gasteiger charge is 2.09. The third kappa shape index (κ3) is 4.13. The lowest BCUT2D eigenvalue weighted by atomic mass is 9.95. The van der Waals surface area contributed by atoms with Crippen molar-refractivity contribution >= 4 is 5.91 Å². The molecule has 0 aliphatic rings. The molecule has 1 unspecified atom stereocenters. The van der Waals surface area contributed by atoms with Gasteiger partial charge in [-0.3, -0.25) is 4.79 Å². The smallest absolute Gasteiger partial charge is 0.216 e. The van der Waals surface area contributed by atoms with Gasteiger partial charge in [-0.15, -0.1) is 0 Å². The third-order valence-electron chi connectivity index (χ3n) is 3.67. The number of rotatable bonds is 5. The van der Waals surface area contributed by atoms with Crippen LogP contribution in [0, 0.1) is 11.6 Å². The van der Waals surface area contributed by atoms with E-state index in [0.29, 0.717) is 18.0 Å². The van der Waals surface area contributed by atoms with E-state index in [9.17, 15) is 13.6 Å². The molecule has 4 heteroatoms. The summed E-state index contributed by atoms with van der Waals surface area (Å²) >= 11 is 0. The maximum absolute atomic E-state index is 13.8. The van der Waals surface area contributed by atoms with Gasteiger partial charge in [0.05, 0.1) is 0 Å². The van der Waals surface area contributed by atoms with Gasteiger partial charge < -0.3 is 5.32 Å². The van der Waals surface area contributed by atoms with Gasteiger partial charge in [-0.1, -0.05) is 31.2 Å². The summed E-state index contributed by atoms with van der Waals surface area (Å²) in [5, 5.41) is 2.77. The van der Waals surface area contributed by atoms with Crippen LogP contribution in [0.5, 0.6) is 0 Å². The number of amides is 1. The number of benzene rings is 2. The van der Waals surface area contributed by atoms with Crippen LogP contribution < -0.4 is 5.32 Å². The van der Waals surface area contributed by atoms with Crippen molar-refractivity contribution in [1.29, 1.82) is 0 Å².